The Morgan fingerprint density at radius 3 is 2.64 bits per heavy atom. The lowest BCUT2D eigenvalue weighted by Crippen LogP contribution is -1.87. The van der Waals surface area contributed by atoms with Crippen LogP contribution in [0.15, 0.2) is 41.3 Å². The Labute approximate surface area is 95.1 Å². The highest BCUT2D eigenvalue weighted by atomic mass is 79.9. The quantitative estimate of drug-likeness (QED) is 0.740. The van der Waals surface area contributed by atoms with E-state index in [1.165, 1.54) is 0 Å². The molecule has 2 aromatic rings. The first kappa shape index (κ1) is 9.62. The standard InChI is InChI=1S/C10H6BrClN2/c11-10-13-6-5-9(14-10)7-3-1-2-4-8(7)12/h1-6H. The van der Waals surface area contributed by atoms with Gasteiger partial charge in [-0.1, -0.05) is 29.8 Å². The molecule has 0 aliphatic rings. The minimum absolute atomic E-state index is 0.565. The SMILES string of the molecule is Clc1ccccc1-c1ccnc(Br)n1. The van der Waals surface area contributed by atoms with Crippen LogP contribution in [0.25, 0.3) is 11.3 Å². The molecule has 0 fully saturated rings. The van der Waals surface area contributed by atoms with Crippen LogP contribution in [0.1, 0.15) is 0 Å². The van der Waals surface area contributed by atoms with Crippen LogP contribution in [0.2, 0.25) is 5.02 Å². The molecule has 0 aliphatic carbocycles. The van der Waals surface area contributed by atoms with Gasteiger partial charge in [-0.05, 0) is 28.1 Å². The number of halogens is 2. The fourth-order valence-corrected chi connectivity index (χ4v) is 1.70. The number of nitrogens with zero attached hydrogens (tertiary/aromatic N) is 2. The lowest BCUT2D eigenvalue weighted by Gasteiger charge is -2.02. The Kier molecular flexibility index (Phi) is 2.79. The van der Waals surface area contributed by atoms with Crippen LogP contribution in [0.4, 0.5) is 0 Å². The van der Waals surface area contributed by atoms with E-state index in [0.29, 0.717) is 9.76 Å². The van der Waals surface area contributed by atoms with E-state index in [1.54, 1.807) is 6.20 Å². The molecule has 0 unspecified atom stereocenters. The van der Waals surface area contributed by atoms with E-state index in [1.807, 2.05) is 30.3 Å². The Bertz CT molecular complexity index is 459. The van der Waals surface area contributed by atoms with Gasteiger partial charge >= 0.3 is 0 Å². The van der Waals surface area contributed by atoms with Crippen molar-refractivity contribution in [3.05, 3.63) is 46.3 Å². The lowest BCUT2D eigenvalue weighted by atomic mass is 10.1. The highest BCUT2D eigenvalue weighted by Crippen LogP contribution is 2.25. The van der Waals surface area contributed by atoms with Crippen molar-refractivity contribution < 1.29 is 0 Å². The largest absolute Gasteiger partial charge is 0.231 e. The summed E-state index contributed by atoms with van der Waals surface area (Å²) in [5.41, 5.74) is 1.73. The van der Waals surface area contributed by atoms with Crippen molar-refractivity contribution in [2.75, 3.05) is 0 Å². The molecule has 2 rings (SSSR count). The molecule has 4 heteroatoms. The summed E-state index contributed by atoms with van der Waals surface area (Å²) in [6.45, 7) is 0. The lowest BCUT2D eigenvalue weighted by molar-refractivity contribution is 1.12. The van der Waals surface area contributed by atoms with Gasteiger partial charge in [0.1, 0.15) is 0 Å². The summed E-state index contributed by atoms with van der Waals surface area (Å²) in [6.07, 6.45) is 1.69. The maximum absolute atomic E-state index is 6.04. The normalized spacial score (nSPS) is 10.1. The topological polar surface area (TPSA) is 25.8 Å². The van der Waals surface area contributed by atoms with Gasteiger partial charge in [-0.2, -0.15) is 0 Å². The molecule has 0 radical (unpaired) electrons. The first-order chi connectivity index (χ1) is 6.77. The Balaban J connectivity index is 2.55. The summed E-state index contributed by atoms with van der Waals surface area (Å²) in [4.78, 5) is 8.18. The van der Waals surface area contributed by atoms with Gasteiger partial charge in [0.15, 0.2) is 4.73 Å². The van der Waals surface area contributed by atoms with Crippen LogP contribution in [-0.4, -0.2) is 9.97 Å². The first-order valence-corrected chi connectivity index (χ1v) is 5.18. The molecule has 0 saturated carbocycles. The summed E-state index contributed by atoms with van der Waals surface area (Å²) < 4.78 is 0.565. The number of benzene rings is 1. The van der Waals surface area contributed by atoms with E-state index in [-0.39, 0.29) is 0 Å². The molecular formula is C10H6BrClN2. The van der Waals surface area contributed by atoms with Crippen molar-refractivity contribution in [3.63, 3.8) is 0 Å². The maximum Gasteiger partial charge on any atom is 0.197 e. The zero-order valence-corrected chi connectivity index (χ0v) is 9.46. The number of rotatable bonds is 1. The molecular weight excluding hydrogens is 263 g/mol. The number of aromatic nitrogens is 2. The predicted molar refractivity (Wildman–Crippen MR) is 60.2 cm³/mol. The first-order valence-electron chi connectivity index (χ1n) is 4.01. The van der Waals surface area contributed by atoms with Gasteiger partial charge in [0.25, 0.3) is 0 Å². The second kappa shape index (κ2) is 4.07. The monoisotopic (exact) mass is 268 g/mol. The van der Waals surface area contributed by atoms with E-state index in [4.69, 9.17) is 11.6 Å². The van der Waals surface area contributed by atoms with Crippen LogP contribution in [0.5, 0.6) is 0 Å². The van der Waals surface area contributed by atoms with Crippen molar-refractivity contribution in [2.45, 2.75) is 0 Å². The highest BCUT2D eigenvalue weighted by Gasteiger charge is 2.03. The Hall–Kier alpha value is -0.930. The fourth-order valence-electron chi connectivity index (χ4n) is 1.15. The molecule has 2 nitrogen and oxygen atoms in total. The van der Waals surface area contributed by atoms with E-state index in [0.717, 1.165) is 11.3 Å². The molecule has 1 aromatic heterocycles. The minimum Gasteiger partial charge on any atom is -0.231 e. The van der Waals surface area contributed by atoms with Crippen LogP contribution in [-0.2, 0) is 0 Å². The molecule has 0 amide bonds. The Morgan fingerprint density at radius 1 is 1.14 bits per heavy atom. The molecule has 0 aliphatic heterocycles. The second-order valence-electron chi connectivity index (χ2n) is 2.69. The van der Waals surface area contributed by atoms with Gasteiger partial charge in [0.05, 0.1) is 5.69 Å². The third-order valence-corrected chi connectivity index (χ3v) is 2.49. The molecule has 0 atom stereocenters. The summed E-state index contributed by atoms with van der Waals surface area (Å²) in [5, 5.41) is 0.693. The van der Waals surface area contributed by atoms with Crippen molar-refractivity contribution >= 4 is 27.5 Å². The van der Waals surface area contributed by atoms with Crippen LogP contribution in [0, 0.1) is 0 Å². The zero-order valence-electron chi connectivity index (χ0n) is 7.11. The summed E-state index contributed by atoms with van der Waals surface area (Å²) >= 11 is 9.25. The van der Waals surface area contributed by atoms with Gasteiger partial charge in [-0.15, -0.1) is 0 Å². The summed E-state index contributed by atoms with van der Waals surface area (Å²) in [7, 11) is 0. The van der Waals surface area contributed by atoms with Gasteiger partial charge < -0.3 is 0 Å². The van der Waals surface area contributed by atoms with Crippen LogP contribution >= 0.6 is 27.5 Å². The molecule has 1 heterocycles. The van der Waals surface area contributed by atoms with Gasteiger partial charge in [-0.3, -0.25) is 0 Å². The second-order valence-corrected chi connectivity index (χ2v) is 3.81. The van der Waals surface area contributed by atoms with E-state index >= 15 is 0 Å². The van der Waals surface area contributed by atoms with Gasteiger partial charge in [0, 0.05) is 16.8 Å². The number of hydrogen-bond donors (Lipinski definition) is 0. The minimum atomic E-state index is 0.565. The van der Waals surface area contributed by atoms with Crippen molar-refractivity contribution in [1.29, 1.82) is 0 Å². The molecule has 1 aromatic carbocycles. The summed E-state index contributed by atoms with van der Waals surface area (Å²) in [6, 6.07) is 9.41. The Morgan fingerprint density at radius 2 is 1.93 bits per heavy atom. The van der Waals surface area contributed by atoms with Crippen molar-refractivity contribution in [2.24, 2.45) is 0 Å². The molecule has 0 bridgehead atoms. The van der Waals surface area contributed by atoms with Crippen LogP contribution in [0.3, 0.4) is 0 Å². The third-order valence-electron chi connectivity index (χ3n) is 1.78. The summed E-state index contributed by atoms with van der Waals surface area (Å²) in [5.74, 6) is 0. The zero-order chi connectivity index (χ0) is 9.97. The molecule has 70 valence electrons. The smallest absolute Gasteiger partial charge is 0.197 e. The van der Waals surface area contributed by atoms with Crippen molar-refractivity contribution in [3.8, 4) is 11.3 Å². The van der Waals surface area contributed by atoms with E-state index in [2.05, 4.69) is 25.9 Å². The molecule has 0 spiro atoms. The molecule has 14 heavy (non-hydrogen) atoms. The van der Waals surface area contributed by atoms with E-state index < -0.39 is 0 Å². The maximum atomic E-state index is 6.04. The van der Waals surface area contributed by atoms with E-state index in [9.17, 15) is 0 Å². The van der Waals surface area contributed by atoms with Gasteiger partial charge in [-0.25, -0.2) is 9.97 Å². The highest BCUT2D eigenvalue weighted by molar-refractivity contribution is 9.10. The number of hydrogen-bond acceptors (Lipinski definition) is 2. The van der Waals surface area contributed by atoms with Gasteiger partial charge in [0.2, 0.25) is 0 Å². The van der Waals surface area contributed by atoms with Crippen LogP contribution < -0.4 is 0 Å². The fraction of sp³-hybridized carbons (Fsp3) is 0. The van der Waals surface area contributed by atoms with Crippen molar-refractivity contribution in [1.82, 2.24) is 9.97 Å². The predicted octanol–water partition coefficient (Wildman–Crippen LogP) is 3.56. The third kappa shape index (κ3) is 1.94. The average molecular weight is 270 g/mol. The molecule has 0 N–H and O–H groups in total. The molecule has 0 saturated heterocycles. The average Bonchev–Trinajstić information content (AvgIpc) is 2.18.